The Morgan fingerprint density at radius 2 is 1.83 bits per heavy atom. The van der Waals surface area contributed by atoms with Crippen molar-refractivity contribution in [3.63, 3.8) is 0 Å². The highest BCUT2D eigenvalue weighted by molar-refractivity contribution is 6.09. The second-order valence-corrected chi connectivity index (χ2v) is 6.63. The number of ether oxygens (including phenoxy) is 1. The fraction of sp³-hybridized carbons (Fsp3) is 0.200. The van der Waals surface area contributed by atoms with E-state index in [0.717, 1.165) is 0 Å². The van der Waals surface area contributed by atoms with E-state index >= 15 is 0 Å². The molecule has 1 aliphatic rings. The summed E-state index contributed by atoms with van der Waals surface area (Å²) >= 11 is 0. The van der Waals surface area contributed by atoms with Crippen LogP contribution in [-0.4, -0.2) is 35.9 Å². The summed E-state index contributed by atoms with van der Waals surface area (Å²) in [5, 5.41) is 5.81. The lowest BCUT2D eigenvalue weighted by Crippen LogP contribution is -2.47. The van der Waals surface area contributed by atoms with Gasteiger partial charge in [0.15, 0.2) is 0 Å². The lowest BCUT2D eigenvalue weighted by molar-refractivity contribution is -0.132. The van der Waals surface area contributed by atoms with E-state index in [-0.39, 0.29) is 11.5 Å². The molecule has 3 N–H and O–H groups in total. The number of hydrogen-bond acceptors (Lipinski definition) is 5. The van der Waals surface area contributed by atoms with Crippen molar-refractivity contribution in [3.05, 3.63) is 59.7 Å². The number of carbonyl (C=O) groups is 4. The fourth-order valence-electron chi connectivity index (χ4n) is 2.98. The van der Waals surface area contributed by atoms with Crippen LogP contribution in [0.2, 0.25) is 0 Å². The highest BCUT2D eigenvalue weighted by atomic mass is 16.5. The van der Waals surface area contributed by atoms with Gasteiger partial charge in [0.1, 0.15) is 11.3 Å². The molecule has 2 aromatic carbocycles. The molecule has 150 valence electrons. The highest BCUT2D eigenvalue weighted by Gasteiger charge is 2.50. The summed E-state index contributed by atoms with van der Waals surface area (Å²) in [6.45, 7) is 2.89. The lowest BCUT2D eigenvalue weighted by atomic mass is 9.92. The third kappa shape index (κ3) is 3.88. The third-order valence-electron chi connectivity index (χ3n) is 4.50. The van der Waals surface area contributed by atoms with Gasteiger partial charge < -0.3 is 15.4 Å². The maximum absolute atomic E-state index is 12.9. The molecule has 9 heteroatoms. The zero-order valence-corrected chi connectivity index (χ0v) is 16.1. The van der Waals surface area contributed by atoms with Crippen LogP contribution in [0.3, 0.4) is 0 Å². The lowest BCUT2D eigenvalue weighted by Gasteiger charge is -2.22. The molecule has 1 atom stereocenters. The SMILES string of the molecule is COc1cccc([C@]2(C)NC(=O)N(NC(=O)c3cccc(NC(C)=O)c3)C2=O)c1. The Bertz CT molecular complexity index is 1010. The summed E-state index contributed by atoms with van der Waals surface area (Å²) in [6.07, 6.45) is 0. The van der Waals surface area contributed by atoms with E-state index in [1.54, 1.807) is 43.3 Å². The zero-order chi connectivity index (χ0) is 21.2. The molecule has 1 heterocycles. The van der Waals surface area contributed by atoms with E-state index in [0.29, 0.717) is 22.0 Å². The number of hydrogen-bond donors (Lipinski definition) is 3. The standard InChI is InChI=1S/C20H20N4O5/c1-12(25)21-15-8-4-6-13(10-15)17(26)23-24-18(27)20(2,22-19(24)28)14-7-5-9-16(11-14)29-3/h4-11H,1-3H3,(H,21,25)(H,22,28)(H,23,26)/t20-/m0/s1. The van der Waals surface area contributed by atoms with Gasteiger partial charge >= 0.3 is 6.03 Å². The van der Waals surface area contributed by atoms with Crippen molar-refractivity contribution in [1.29, 1.82) is 0 Å². The van der Waals surface area contributed by atoms with E-state index in [1.165, 1.54) is 26.2 Å². The van der Waals surface area contributed by atoms with Crippen LogP contribution in [0.4, 0.5) is 10.5 Å². The van der Waals surface area contributed by atoms with Crippen LogP contribution in [0.25, 0.3) is 0 Å². The normalized spacial score (nSPS) is 18.2. The van der Waals surface area contributed by atoms with Crippen molar-refractivity contribution in [3.8, 4) is 5.75 Å². The fourth-order valence-corrected chi connectivity index (χ4v) is 2.98. The summed E-state index contributed by atoms with van der Waals surface area (Å²) in [5.41, 5.74) is 2.06. The summed E-state index contributed by atoms with van der Waals surface area (Å²) in [4.78, 5) is 49.1. The largest absolute Gasteiger partial charge is 0.497 e. The van der Waals surface area contributed by atoms with Crippen molar-refractivity contribution in [1.82, 2.24) is 15.8 Å². The van der Waals surface area contributed by atoms with Crippen LogP contribution in [0, 0.1) is 0 Å². The summed E-state index contributed by atoms with van der Waals surface area (Å²) in [5.74, 6) is -1.06. The number of carbonyl (C=O) groups excluding carboxylic acids is 4. The van der Waals surface area contributed by atoms with E-state index in [9.17, 15) is 19.2 Å². The second-order valence-electron chi connectivity index (χ2n) is 6.63. The molecule has 1 saturated heterocycles. The number of nitrogens with zero attached hydrogens (tertiary/aromatic N) is 1. The molecule has 0 bridgehead atoms. The average molecular weight is 396 g/mol. The smallest absolute Gasteiger partial charge is 0.344 e. The van der Waals surface area contributed by atoms with Gasteiger partial charge in [0.25, 0.3) is 11.8 Å². The molecule has 2 aromatic rings. The van der Waals surface area contributed by atoms with Crippen molar-refractivity contribution in [2.24, 2.45) is 0 Å². The topological polar surface area (TPSA) is 117 Å². The zero-order valence-electron chi connectivity index (χ0n) is 16.1. The minimum Gasteiger partial charge on any atom is -0.497 e. The first-order chi connectivity index (χ1) is 13.7. The van der Waals surface area contributed by atoms with Gasteiger partial charge in [0.2, 0.25) is 5.91 Å². The second kappa shape index (κ2) is 7.63. The average Bonchev–Trinajstić information content (AvgIpc) is 2.91. The Labute approximate surface area is 167 Å². The Kier molecular flexibility index (Phi) is 5.22. The van der Waals surface area contributed by atoms with Crippen molar-refractivity contribution in [2.45, 2.75) is 19.4 Å². The molecule has 29 heavy (non-hydrogen) atoms. The minimum atomic E-state index is -1.36. The molecule has 9 nitrogen and oxygen atoms in total. The minimum absolute atomic E-state index is 0.173. The van der Waals surface area contributed by atoms with Gasteiger partial charge in [0, 0.05) is 18.2 Å². The monoisotopic (exact) mass is 396 g/mol. The Hall–Kier alpha value is -3.88. The molecule has 1 aliphatic heterocycles. The number of methoxy groups -OCH3 is 1. The Balaban J connectivity index is 1.81. The number of anilines is 1. The van der Waals surface area contributed by atoms with E-state index in [4.69, 9.17) is 4.74 Å². The summed E-state index contributed by atoms with van der Waals surface area (Å²) in [7, 11) is 1.50. The molecule has 3 rings (SSSR count). The van der Waals surface area contributed by atoms with Crippen LogP contribution in [0.1, 0.15) is 29.8 Å². The summed E-state index contributed by atoms with van der Waals surface area (Å²) in [6, 6.07) is 12.1. The van der Waals surface area contributed by atoms with Crippen LogP contribution < -0.4 is 20.8 Å². The molecule has 0 radical (unpaired) electrons. The van der Waals surface area contributed by atoms with E-state index < -0.39 is 23.4 Å². The number of urea groups is 1. The predicted molar refractivity (Wildman–Crippen MR) is 104 cm³/mol. The Morgan fingerprint density at radius 1 is 1.10 bits per heavy atom. The van der Waals surface area contributed by atoms with Gasteiger partial charge in [-0.2, -0.15) is 5.01 Å². The molecule has 5 amide bonds. The molecule has 0 unspecified atom stereocenters. The predicted octanol–water partition coefficient (Wildman–Crippen LogP) is 1.77. The molecular weight excluding hydrogens is 376 g/mol. The number of amides is 5. The molecule has 0 aliphatic carbocycles. The maximum atomic E-state index is 12.9. The molecule has 0 saturated carbocycles. The molecular formula is C20H20N4O5. The molecule has 0 aromatic heterocycles. The number of rotatable bonds is 5. The van der Waals surface area contributed by atoms with Gasteiger partial charge in [-0.25, -0.2) is 4.79 Å². The van der Waals surface area contributed by atoms with Crippen molar-refractivity contribution >= 4 is 29.4 Å². The first-order valence-electron chi connectivity index (χ1n) is 8.74. The van der Waals surface area contributed by atoms with E-state index in [1.807, 2.05) is 0 Å². The number of imide groups is 1. The van der Waals surface area contributed by atoms with Crippen LogP contribution in [0.15, 0.2) is 48.5 Å². The van der Waals surface area contributed by atoms with Gasteiger partial charge in [-0.1, -0.05) is 18.2 Å². The quantitative estimate of drug-likeness (QED) is 0.666. The van der Waals surface area contributed by atoms with Gasteiger partial charge in [0.05, 0.1) is 7.11 Å². The van der Waals surface area contributed by atoms with Crippen molar-refractivity contribution < 1.29 is 23.9 Å². The molecule has 0 spiro atoms. The Morgan fingerprint density at radius 3 is 2.52 bits per heavy atom. The van der Waals surface area contributed by atoms with Gasteiger partial charge in [-0.05, 0) is 42.8 Å². The maximum Gasteiger partial charge on any atom is 0.344 e. The number of benzene rings is 2. The first kappa shape index (κ1) is 19.9. The van der Waals surface area contributed by atoms with Crippen LogP contribution in [0.5, 0.6) is 5.75 Å². The number of nitrogens with one attached hydrogen (secondary N) is 3. The number of hydrazine groups is 1. The van der Waals surface area contributed by atoms with Crippen molar-refractivity contribution in [2.75, 3.05) is 12.4 Å². The van der Waals surface area contributed by atoms with Crippen LogP contribution in [-0.2, 0) is 15.1 Å². The third-order valence-corrected chi connectivity index (χ3v) is 4.50. The highest BCUT2D eigenvalue weighted by Crippen LogP contribution is 2.30. The van der Waals surface area contributed by atoms with Crippen LogP contribution >= 0.6 is 0 Å². The van der Waals surface area contributed by atoms with E-state index in [2.05, 4.69) is 16.1 Å². The van der Waals surface area contributed by atoms with Gasteiger partial charge in [-0.3, -0.25) is 19.8 Å². The summed E-state index contributed by atoms with van der Waals surface area (Å²) < 4.78 is 5.17. The first-order valence-corrected chi connectivity index (χ1v) is 8.74. The van der Waals surface area contributed by atoms with Gasteiger partial charge in [-0.15, -0.1) is 0 Å². The molecule has 1 fully saturated rings.